The number of carbonyl (C=O) groups excluding carboxylic acids is 2. The number of piperidine rings is 1. The fourth-order valence-corrected chi connectivity index (χ4v) is 3.16. The Kier molecular flexibility index (Phi) is 4.15. The molecule has 0 spiro atoms. The fraction of sp³-hybridized carbons (Fsp3) is 0.667. The number of hydrogen-bond acceptors (Lipinski definition) is 4. The van der Waals surface area contributed by atoms with Crippen molar-refractivity contribution in [2.45, 2.75) is 26.0 Å². The molecule has 0 aliphatic carbocycles. The van der Waals surface area contributed by atoms with Crippen molar-refractivity contribution < 1.29 is 14.3 Å². The summed E-state index contributed by atoms with van der Waals surface area (Å²) in [5.41, 5.74) is 0.624. The minimum absolute atomic E-state index is 0.0105. The zero-order valence-electron chi connectivity index (χ0n) is 13.1. The first-order valence-corrected chi connectivity index (χ1v) is 7.75. The van der Waals surface area contributed by atoms with Crippen molar-refractivity contribution in [3.63, 3.8) is 0 Å². The summed E-state index contributed by atoms with van der Waals surface area (Å²) in [6.45, 7) is 4.81. The Labute approximate surface area is 129 Å². The van der Waals surface area contributed by atoms with Gasteiger partial charge in [-0.3, -0.25) is 14.3 Å². The molecule has 2 aliphatic rings. The smallest absolute Gasteiger partial charge is 0.257 e. The number of rotatable bonds is 2. The van der Waals surface area contributed by atoms with Gasteiger partial charge in [-0.15, -0.1) is 0 Å². The summed E-state index contributed by atoms with van der Waals surface area (Å²) >= 11 is 0. The van der Waals surface area contributed by atoms with Crippen LogP contribution in [0.5, 0.6) is 0 Å². The molecule has 2 saturated heterocycles. The van der Waals surface area contributed by atoms with E-state index >= 15 is 0 Å². The zero-order valence-corrected chi connectivity index (χ0v) is 13.1. The first-order valence-electron chi connectivity index (χ1n) is 7.75. The predicted octanol–water partition coefficient (Wildman–Crippen LogP) is 0.222. The van der Waals surface area contributed by atoms with E-state index in [2.05, 4.69) is 5.10 Å². The van der Waals surface area contributed by atoms with Gasteiger partial charge in [0.15, 0.2) is 0 Å². The summed E-state index contributed by atoms with van der Waals surface area (Å²) in [4.78, 5) is 27.9. The molecule has 22 heavy (non-hydrogen) atoms. The largest absolute Gasteiger partial charge is 0.368 e. The minimum atomic E-state index is 0.0105. The van der Waals surface area contributed by atoms with Gasteiger partial charge in [-0.2, -0.15) is 5.10 Å². The average Bonchev–Trinajstić information content (AvgIpc) is 2.96. The summed E-state index contributed by atoms with van der Waals surface area (Å²) in [6.07, 6.45) is 4.25. The molecule has 3 rings (SSSR count). The number of aryl methyl sites for hydroxylation is 1. The lowest BCUT2D eigenvalue weighted by Crippen LogP contribution is -2.48. The van der Waals surface area contributed by atoms with Gasteiger partial charge in [0.25, 0.3) is 5.91 Å². The van der Waals surface area contributed by atoms with E-state index in [1.165, 1.54) is 0 Å². The molecule has 7 heteroatoms. The summed E-state index contributed by atoms with van der Waals surface area (Å²) in [7, 11) is 1.79. The Morgan fingerprint density at radius 3 is 3.00 bits per heavy atom. The van der Waals surface area contributed by atoms with Crippen LogP contribution in [0, 0.1) is 5.92 Å². The van der Waals surface area contributed by atoms with Crippen molar-refractivity contribution in [2.75, 3.05) is 33.3 Å². The van der Waals surface area contributed by atoms with E-state index in [0.29, 0.717) is 25.2 Å². The van der Waals surface area contributed by atoms with Crippen LogP contribution in [-0.4, -0.2) is 70.8 Å². The highest BCUT2D eigenvalue weighted by molar-refractivity contribution is 5.93. The molecule has 0 bridgehead atoms. The standard InChI is InChI=1S/C15H22N4O3/c1-3-19-9-11(6-16-19)15(21)18-5-4-13-12(8-18)7-17(2)14(20)10-22-13/h6,9,12-13H,3-5,7-8,10H2,1-2H3/t12-,13-/m0/s1. The van der Waals surface area contributed by atoms with Crippen LogP contribution in [-0.2, 0) is 16.1 Å². The number of fused-ring (bicyclic) bond motifs is 1. The highest BCUT2D eigenvalue weighted by atomic mass is 16.5. The van der Waals surface area contributed by atoms with Gasteiger partial charge in [0, 0.05) is 45.3 Å². The number of likely N-dealkylation sites (tertiary alicyclic amines) is 1. The zero-order chi connectivity index (χ0) is 15.7. The van der Waals surface area contributed by atoms with Crippen LogP contribution < -0.4 is 0 Å². The van der Waals surface area contributed by atoms with Crippen LogP contribution in [0.15, 0.2) is 12.4 Å². The van der Waals surface area contributed by atoms with Crippen molar-refractivity contribution in [3.8, 4) is 0 Å². The average molecular weight is 306 g/mol. The number of likely N-dealkylation sites (N-methyl/N-ethyl adjacent to an activating group) is 1. The number of nitrogens with zero attached hydrogens (tertiary/aromatic N) is 4. The van der Waals surface area contributed by atoms with Gasteiger partial charge in [-0.1, -0.05) is 0 Å². The lowest BCUT2D eigenvalue weighted by Gasteiger charge is -2.37. The molecule has 2 aliphatic heterocycles. The maximum absolute atomic E-state index is 12.6. The maximum Gasteiger partial charge on any atom is 0.257 e. The van der Waals surface area contributed by atoms with Crippen LogP contribution in [0.1, 0.15) is 23.7 Å². The maximum atomic E-state index is 12.6. The summed E-state index contributed by atoms with van der Waals surface area (Å²) in [6, 6.07) is 0. The summed E-state index contributed by atoms with van der Waals surface area (Å²) in [5.74, 6) is 0.197. The molecule has 1 aromatic heterocycles. The fourth-order valence-electron chi connectivity index (χ4n) is 3.16. The monoisotopic (exact) mass is 306 g/mol. The van der Waals surface area contributed by atoms with Crippen molar-refractivity contribution in [3.05, 3.63) is 18.0 Å². The highest BCUT2D eigenvalue weighted by Crippen LogP contribution is 2.24. The third-order valence-corrected chi connectivity index (χ3v) is 4.51. The van der Waals surface area contributed by atoms with E-state index < -0.39 is 0 Å². The lowest BCUT2D eigenvalue weighted by molar-refractivity contribution is -0.133. The molecule has 120 valence electrons. The Bertz CT molecular complexity index is 571. The van der Waals surface area contributed by atoms with Gasteiger partial charge in [0.05, 0.1) is 17.9 Å². The van der Waals surface area contributed by atoms with E-state index in [0.717, 1.165) is 13.0 Å². The third-order valence-electron chi connectivity index (χ3n) is 4.51. The van der Waals surface area contributed by atoms with E-state index in [9.17, 15) is 9.59 Å². The molecular weight excluding hydrogens is 284 g/mol. The molecule has 0 saturated carbocycles. The highest BCUT2D eigenvalue weighted by Gasteiger charge is 2.36. The van der Waals surface area contributed by atoms with E-state index in [4.69, 9.17) is 4.74 Å². The number of aromatic nitrogens is 2. The van der Waals surface area contributed by atoms with E-state index in [-0.39, 0.29) is 30.4 Å². The Hall–Kier alpha value is -1.89. The van der Waals surface area contributed by atoms with Gasteiger partial charge in [-0.05, 0) is 13.3 Å². The second-order valence-electron chi connectivity index (χ2n) is 6.01. The number of amides is 2. The first kappa shape index (κ1) is 15.0. The van der Waals surface area contributed by atoms with Gasteiger partial charge < -0.3 is 14.5 Å². The van der Waals surface area contributed by atoms with Crippen LogP contribution >= 0.6 is 0 Å². The molecule has 7 nitrogen and oxygen atoms in total. The molecule has 2 fully saturated rings. The lowest BCUT2D eigenvalue weighted by atomic mass is 9.94. The van der Waals surface area contributed by atoms with Gasteiger partial charge in [-0.25, -0.2) is 0 Å². The van der Waals surface area contributed by atoms with Crippen molar-refractivity contribution in [1.29, 1.82) is 0 Å². The van der Waals surface area contributed by atoms with Crippen LogP contribution in [0.3, 0.4) is 0 Å². The number of carbonyl (C=O) groups is 2. The first-order chi connectivity index (χ1) is 10.6. The second kappa shape index (κ2) is 6.08. The van der Waals surface area contributed by atoms with Crippen molar-refractivity contribution in [2.24, 2.45) is 5.92 Å². The third kappa shape index (κ3) is 2.85. The molecule has 3 heterocycles. The molecular formula is C15H22N4O3. The Morgan fingerprint density at radius 2 is 2.27 bits per heavy atom. The van der Waals surface area contributed by atoms with Crippen LogP contribution in [0.2, 0.25) is 0 Å². The van der Waals surface area contributed by atoms with Crippen LogP contribution in [0.4, 0.5) is 0 Å². The van der Waals surface area contributed by atoms with E-state index in [1.54, 1.807) is 29.0 Å². The molecule has 2 amide bonds. The molecule has 0 unspecified atom stereocenters. The topological polar surface area (TPSA) is 67.7 Å². The van der Waals surface area contributed by atoms with Crippen molar-refractivity contribution >= 4 is 11.8 Å². The summed E-state index contributed by atoms with van der Waals surface area (Å²) < 4.78 is 7.45. The summed E-state index contributed by atoms with van der Waals surface area (Å²) in [5, 5.41) is 4.16. The molecule has 1 aromatic rings. The second-order valence-corrected chi connectivity index (χ2v) is 6.01. The predicted molar refractivity (Wildman–Crippen MR) is 79.3 cm³/mol. The van der Waals surface area contributed by atoms with Crippen LogP contribution in [0.25, 0.3) is 0 Å². The molecule has 2 atom stereocenters. The SMILES string of the molecule is CCn1cc(C(=O)N2CC[C@@H]3OCC(=O)N(C)C[C@H]3C2)cn1. The van der Waals surface area contributed by atoms with Gasteiger partial charge in [0.1, 0.15) is 6.61 Å². The normalized spacial score (nSPS) is 25.8. The Balaban J connectivity index is 1.69. The Morgan fingerprint density at radius 1 is 1.45 bits per heavy atom. The molecule has 0 N–H and O–H groups in total. The number of ether oxygens (including phenoxy) is 1. The quantitative estimate of drug-likeness (QED) is 0.784. The molecule has 0 aromatic carbocycles. The van der Waals surface area contributed by atoms with Gasteiger partial charge >= 0.3 is 0 Å². The number of hydrogen-bond donors (Lipinski definition) is 0. The van der Waals surface area contributed by atoms with Crippen molar-refractivity contribution in [1.82, 2.24) is 19.6 Å². The minimum Gasteiger partial charge on any atom is -0.368 e. The van der Waals surface area contributed by atoms with Gasteiger partial charge in [0.2, 0.25) is 5.91 Å². The molecule has 0 radical (unpaired) electrons. The van der Waals surface area contributed by atoms with E-state index in [1.807, 2.05) is 11.8 Å².